The molecule has 0 aliphatic carbocycles. The normalized spacial score (nSPS) is 17.1. The molecule has 3 aromatic rings. The number of aliphatic hydroxyl groups is 1. The highest BCUT2D eigenvalue weighted by Crippen LogP contribution is 2.42. The van der Waals surface area contributed by atoms with E-state index in [0.29, 0.717) is 28.5 Å². The lowest BCUT2D eigenvalue weighted by Crippen LogP contribution is -2.29. The van der Waals surface area contributed by atoms with Gasteiger partial charge in [-0.25, -0.2) is 4.39 Å². The van der Waals surface area contributed by atoms with Crippen molar-refractivity contribution in [3.63, 3.8) is 0 Å². The van der Waals surface area contributed by atoms with E-state index in [1.54, 1.807) is 54.6 Å². The number of Topliss-reactive ketones (excluding diaryl/α,β-unsaturated/α-hetero) is 1. The van der Waals surface area contributed by atoms with Crippen LogP contribution >= 0.6 is 11.6 Å². The average molecular weight is 494 g/mol. The number of nitrogens with zero attached hydrogens (tertiary/aromatic N) is 1. The number of benzene rings is 3. The van der Waals surface area contributed by atoms with Crippen LogP contribution in [0.4, 0.5) is 10.1 Å². The minimum absolute atomic E-state index is 0.0850. The molecule has 0 bridgehead atoms. The Kier molecular flexibility index (Phi) is 7.51. The lowest BCUT2D eigenvalue weighted by Gasteiger charge is -2.25. The molecule has 35 heavy (non-hydrogen) atoms. The number of amides is 1. The lowest BCUT2D eigenvalue weighted by molar-refractivity contribution is -0.132. The molecule has 1 saturated heterocycles. The molecule has 5 nitrogen and oxygen atoms in total. The van der Waals surface area contributed by atoms with Gasteiger partial charge in [0, 0.05) is 16.3 Å². The van der Waals surface area contributed by atoms with Crippen LogP contribution in [0.3, 0.4) is 0 Å². The molecule has 180 valence electrons. The van der Waals surface area contributed by atoms with Gasteiger partial charge in [0.05, 0.1) is 18.2 Å². The number of hydrogen-bond donors (Lipinski definition) is 1. The molecular weight excluding hydrogens is 469 g/mol. The van der Waals surface area contributed by atoms with E-state index in [4.69, 9.17) is 16.3 Å². The number of ether oxygens (including phenoxy) is 1. The Morgan fingerprint density at radius 3 is 2.40 bits per heavy atom. The number of rotatable bonds is 8. The summed E-state index contributed by atoms with van der Waals surface area (Å²) in [5, 5.41) is 11.7. The molecule has 1 fully saturated rings. The van der Waals surface area contributed by atoms with Gasteiger partial charge in [-0.15, -0.1) is 0 Å². The van der Waals surface area contributed by atoms with E-state index < -0.39 is 23.5 Å². The van der Waals surface area contributed by atoms with E-state index in [2.05, 4.69) is 6.92 Å². The molecule has 1 amide bonds. The van der Waals surface area contributed by atoms with Crippen molar-refractivity contribution in [2.75, 3.05) is 11.5 Å². The largest absolute Gasteiger partial charge is 0.507 e. The number of ketones is 1. The van der Waals surface area contributed by atoms with Gasteiger partial charge in [0.1, 0.15) is 17.3 Å². The molecule has 1 atom stereocenters. The first kappa shape index (κ1) is 24.5. The van der Waals surface area contributed by atoms with Gasteiger partial charge in [-0.1, -0.05) is 49.6 Å². The molecular formula is C28H25ClFNO4. The number of hydrogen-bond acceptors (Lipinski definition) is 4. The third-order valence-corrected chi connectivity index (χ3v) is 6.11. The lowest BCUT2D eigenvalue weighted by atomic mass is 9.95. The quantitative estimate of drug-likeness (QED) is 0.164. The Bertz CT molecular complexity index is 1250. The zero-order valence-electron chi connectivity index (χ0n) is 19.2. The van der Waals surface area contributed by atoms with Crippen LogP contribution in [0.15, 0.2) is 78.4 Å². The predicted octanol–water partition coefficient (Wildman–Crippen LogP) is 6.67. The third kappa shape index (κ3) is 5.23. The maximum Gasteiger partial charge on any atom is 0.300 e. The summed E-state index contributed by atoms with van der Waals surface area (Å²) in [7, 11) is 0. The molecule has 1 N–H and O–H groups in total. The second kappa shape index (κ2) is 10.7. The summed E-state index contributed by atoms with van der Waals surface area (Å²) in [5.74, 6) is -1.93. The van der Waals surface area contributed by atoms with Gasteiger partial charge >= 0.3 is 0 Å². The van der Waals surface area contributed by atoms with Gasteiger partial charge in [0.2, 0.25) is 0 Å². The van der Waals surface area contributed by atoms with E-state index in [0.717, 1.165) is 19.3 Å². The van der Waals surface area contributed by atoms with E-state index in [1.165, 1.54) is 23.1 Å². The molecule has 0 spiro atoms. The number of carbonyl (C=O) groups is 2. The Hall–Kier alpha value is -3.64. The van der Waals surface area contributed by atoms with Crippen LogP contribution in [-0.4, -0.2) is 23.4 Å². The van der Waals surface area contributed by atoms with Crippen LogP contribution in [0, 0.1) is 5.82 Å². The molecule has 1 heterocycles. The molecule has 1 aliphatic rings. The smallest absolute Gasteiger partial charge is 0.300 e. The minimum atomic E-state index is -0.959. The van der Waals surface area contributed by atoms with Crippen LogP contribution in [0.1, 0.15) is 43.4 Å². The summed E-state index contributed by atoms with van der Waals surface area (Å²) in [6, 6.07) is 17.8. The van der Waals surface area contributed by atoms with E-state index in [-0.39, 0.29) is 17.0 Å². The zero-order valence-corrected chi connectivity index (χ0v) is 20.0. The fraction of sp³-hybridized carbons (Fsp3) is 0.214. The van der Waals surface area contributed by atoms with Crippen LogP contribution in [0.5, 0.6) is 5.75 Å². The topological polar surface area (TPSA) is 66.8 Å². The second-order valence-corrected chi connectivity index (χ2v) is 8.72. The van der Waals surface area contributed by atoms with Crippen molar-refractivity contribution in [1.82, 2.24) is 0 Å². The summed E-state index contributed by atoms with van der Waals surface area (Å²) in [5.41, 5.74) is 1.04. The fourth-order valence-electron chi connectivity index (χ4n) is 4.09. The molecule has 0 aromatic heterocycles. The maximum absolute atomic E-state index is 14.0. The SMILES string of the molecule is CCCCCOc1ccc(/C(O)=C2\C(=O)C(=O)N(c3cccc(F)c3)C2c2ccc(Cl)cc2)cc1. The van der Waals surface area contributed by atoms with E-state index in [1.807, 2.05) is 0 Å². The maximum atomic E-state index is 14.0. The monoisotopic (exact) mass is 493 g/mol. The van der Waals surface area contributed by atoms with Crippen molar-refractivity contribution >= 4 is 34.7 Å². The number of halogens is 2. The first-order chi connectivity index (χ1) is 16.9. The summed E-state index contributed by atoms with van der Waals surface area (Å²) >= 11 is 6.04. The van der Waals surface area contributed by atoms with Gasteiger partial charge in [0.25, 0.3) is 11.7 Å². The molecule has 0 saturated carbocycles. The van der Waals surface area contributed by atoms with Gasteiger partial charge in [-0.2, -0.15) is 0 Å². The number of aliphatic hydroxyl groups excluding tert-OH is 1. The third-order valence-electron chi connectivity index (χ3n) is 5.86. The molecule has 1 unspecified atom stereocenters. The fourth-order valence-corrected chi connectivity index (χ4v) is 4.22. The first-order valence-electron chi connectivity index (χ1n) is 11.5. The number of anilines is 1. The highest BCUT2D eigenvalue weighted by molar-refractivity contribution is 6.51. The Morgan fingerprint density at radius 2 is 1.74 bits per heavy atom. The minimum Gasteiger partial charge on any atom is -0.507 e. The molecule has 7 heteroatoms. The van der Waals surface area contributed by atoms with Crippen molar-refractivity contribution in [3.8, 4) is 5.75 Å². The highest BCUT2D eigenvalue weighted by atomic mass is 35.5. The van der Waals surface area contributed by atoms with Crippen molar-refractivity contribution in [1.29, 1.82) is 0 Å². The second-order valence-electron chi connectivity index (χ2n) is 8.28. The Labute approximate surface area is 208 Å². The summed E-state index contributed by atoms with van der Waals surface area (Å²) in [6.07, 6.45) is 3.12. The van der Waals surface area contributed by atoms with Crippen molar-refractivity contribution in [2.24, 2.45) is 0 Å². The predicted molar refractivity (Wildman–Crippen MR) is 134 cm³/mol. The highest BCUT2D eigenvalue weighted by Gasteiger charge is 2.47. The van der Waals surface area contributed by atoms with Gasteiger partial charge in [0.15, 0.2) is 0 Å². The summed E-state index contributed by atoms with van der Waals surface area (Å²) in [6.45, 7) is 2.71. The van der Waals surface area contributed by atoms with Gasteiger partial charge < -0.3 is 9.84 Å². The van der Waals surface area contributed by atoms with Crippen LogP contribution in [0.2, 0.25) is 5.02 Å². The van der Waals surface area contributed by atoms with Crippen LogP contribution < -0.4 is 9.64 Å². The van der Waals surface area contributed by atoms with E-state index >= 15 is 0 Å². The summed E-state index contributed by atoms with van der Waals surface area (Å²) < 4.78 is 19.7. The summed E-state index contributed by atoms with van der Waals surface area (Å²) in [4.78, 5) is 27.5. The Balaban J connectivity index is 1.75. The van der Waals surface area contributed by atoms with E-state index in [9.17, 15) is 19.1 Å². The zero-order chi connectivity index (χ0) is 24.9. The molecule has 1 aliphatic heterocycles. The van der Waals surface area contributed by atoms with Crippen LogP contribution in [-0.2, 0) is 9.59 Å². The van der Waals surface area contributed by atoms with Crippen molar-refractivity contribution < 1.29 is 23.8 Å². The standard InChI is InChI=1S/C28H25ClFNO4/c1-2-3-4-16-35-23-14-10-19(11-15-23)26(32)24-25(18-8-12-20(29)13-9-18)31(28(34)27(24)33)22-7-5-6-21(30)17-22/h5-15,17,25,32H,2-4,16H2,1H3/b26-24+. The van der Waals surface area contributed by atoms with Gasteiger partial charge in [-0.3, -0.25) is 14.5 Å². The molecule has 0 radical (unpaired) electrons. The number of carbonyl (C=O) groups excluding carboxylic acids is 2. The Morgan fingerprint density at radius 1 is 1.03 bits per heavy atom. The number of unbranched alkanes of at least 4 members (excludes halogenated alkanes) is 2. The average Bonchev–Trinajstić information content (AvgIpc) is 3.12. The molecule has 4 rings (SSSR count). The van der Waals surface area contributed by atoms with Crippen molar-refractivity contribution in [2.45, 2.75) is 32.2 Å². The van der Waals surface area contributed by atoms with Gasteiger partial charge in [-0.05, 0) is 66.6 Å². The first-order valence-corrected chi connectivity index (χ1v) is 11.8. The molecule has 3 aromatic carbocycles. The van der Waals surface area contributed by atoms with Crippen molar-refractivity contribution in [3.05, 3.63) is 100 Å². The van der Waals surface area contributed by atoms with Crippen LogP contribution in [0.25, 0.3) is 5.76 Å².